The summed E-state index contributed by atoms with van der Waals surface area (Å²) in [5.74, 6) is 0. The van der Waals surface area contributed by atoms with E-state index < -0.39 is 0 Å². The molecule has 0 aliphatic carbocycles. The summed E-state index contributed by atoms with van der Waals surface area (Å²) in [6, 6.07) is 7.53. The lowest BCUT2D eigenvalue weighted by Crippen LogP contribution is -2.57. The molecule has 0 atom stereocenters. The first-order valence-corrected chi connectivity index (χ1v) is 6.71. The molecule has 94 valence electrons. The summed E-state index contributed by atoms with van der Waals surface area (Å²) in [4.78, 5) is 2.62. The van der Waals surface area contributed by atoms with E-state index in [0.29, 0.717) is 0 Å². The van der Waals surface area contributed by atoms with Crippen LogP contribution in [0.2, 0.25) is 0 Å². The van der Waals surface area contributed by atoms with Gasteiger partial charge in [0.25, 0.3) is 0 Å². The van der Waals surface area contributed by atoms with E-state index in [1.54, 1.807) is 0 Å². The molecule has 1 aromatic carbocycles. The average molecular weight is 232 g/mol. The third-order valence-electron chi connectivity index (χ3n) is 3.67. The van der Waals surface area contributed by atoms with Gasteiger partial charge in [-0.2, -0.15) is 0 Å². The third kappa shape index (κ3) is 3.08. The van der Waals surface area contributed by atoms with Crippen LogP contribution in [-0.4, -0.2) is 30.6 Å². The molecule has 0 unspecified atom stereocenters. The second-order valence-corrected chi connectivity index (χ2v) is 5.21. The van der Waals surface area contributed by atoms with Crippen molar-refractivity contribution in [3.8, 4) is 0 Å². The van der Waals surface area contributed by atoms with Crippen LogP contribution in [0.4, 0.5) is 0 Å². The molecular weight excluding hydrogens is 208 g/mol. The molecule has 0 aromatic heterocycles. The van der Waals surface area contributed by atoms with Gasteiger partial charge in [0, 0.05) is 25.7 Å². The molecule has 0 bridgehead atoms. The molecule has 2 rings (SSSR count). The number of nitrogens with one attached hydrogen (secondary N) is 1. The van der Waals surface area contributed by atoms with Gasteiger partial charge in [0.05, 0.1) is 0 Å². The van der Waals surface area contributed by atoms with E-state index in [1.165, 1.54) is 29.7 Å². The predicted octanol–water partition coefficient (Wildman–Crippen LogP) is 2.49. The minimum absolute atomic E-state index is 0.745. The topological polar surface area (TPSA) is 15.3 Å². The van der Waals surface area contributed by atoms with Crippen molar-refractivity contribution in [1.29, 1.82) is 0 Å². The lowest BCUT2D eigenvalue weighted by Gasteiger charge is -2.38. The summed E-state index contributed by atoms with van der Waals surface area (Å²) < 4.78 is 0. The summed E-state index contributed by atoms with van der Waals surface area (Å²) >= 11 is 0. The van der Waals surface area contributed by atoms with Crippen molar-refractivity contribution in [2.75, 3.05) is 19.6 Å². The summed E-state index contributed by atoms with van der Waals surface area (Å²) in [5, 5.41) is 3.37. The highest BCUT2D eigenvalue weighted by Gasteiger charge is 2.24. The first-order valence-electron chi connectivity index (χ1n) is 6.71. The molecule has 2 heteroatoms. The molecule has 17 heavy (non-hydrogen) atoms. The molecule has 2 nitrogen and oxygen atoms in total. The van der Waals surface area contributed by atoms with Crippen molar-refractivity contribution >= 4 is 0 Å². The van der Waals surface area contributed by atoms with Gasteiger partial charge in [-0.1, -0.05) is 30.7 Å². The Balaban J connectivity index is 2.07. The second-order valence-electron chi connectivity index (χ2n) is 5.21. The summed E-state index contributed by atoms with van der Waals surface area (Å²) in [6.07, 6.45) is 1.24. The highest BCUT2D eigenvalue weighted by atomic mass is 15.2. The Morgan fingerprint density at radius 1 is 1.29 bits per heavy atom. The lowest BCUT2D eigenvalue weighted by atomic mass is 10.0. The van der Waals surface area contributed by atoms with Crippen molar-refractivity contribution in [3.63, 3.8) is 0 Å². The average Bonchev–Trinajstić information content (AvgIpc) is 2.21. The SMILES string of the molecule is CCCN(Cc1cc(C)ccc1C)C1CNC1. The number of hydrogen-bond acceptors (Lipinski definition) is 2. The Morgan fingerprint density at radius 3 is 2.65 bits per heavy atom. The maximum Gasteiger partial charge on any atom is 0.0348 e. The van der Waals surface area contributed by atoms with Crippen LogP contribution in [-0.2, 0) is 6.54 Å². The smallest absolute Gasteiger partial charge is 0.0348 e. The zero-order chi connectivity index (χ0) is 12.3. The van der Waals surface area contributed by atoms with E-state index in [9.17, 15) is 0 Å². The van der Waals surface area contributed by atoms with Crippen molar-refractivity contribution in [2.24, 2.45) is 0 Å². The van der Waals surface area contributed by atoms with Gasteiger partial charge in [0.1, 0.15) is 0 Å². The van der Waals surface area contributed by atoms with Gasteiger partial charge in [-0.05, 0) is 37.9 Å². The largest absolute Gasteiger partial charge is 0.314 e. The number of hydrogen-bond donors (Lipinski definition) is 1. The van der Waals surface area contributed by atoms with Gasteiger partial charge in [-0.15, -0.1) is 0 Å². The number of benzene rings is 1. The summed E-state index contributed by atoms with van der Waals surface area (Å²) in [5.41, 5.74) is 4.28. The monoisotopic (exact) mass is 232 g/mol. The van der Waals surface area contributed by atoms with Crippen LogP contribution < -0.4 is 5.32 Å². The number of nitrogens with zero attached hydrogens (tertiary/aromatic N) is 1. The molecule has 1 aromatic rings. The van der Waals surface area contributed by atoms with Crippen molar-refractivity contribution in [1.82, 2.24) is 10.2 Å². The van der Waals surface area contributed by atoms with Gasteiger partial charge in [0.2, 0.25) is 0 Å². The van der Waals surface area contributed by atoms with E-state index in [1.807, 2.05) is 0 Å². The van der Waals surface area contributed by atoms with Crippen LogP contribution in [0.1, 0.15) is 30.0 Å². The molecule has 1 aliphatic heterocycles. The summed E-state index contributed by atoms with van der Waals surface area (Å²) in [6.45, 7) is 11.3. The van der Waals surface area contributed by atoms with E-state index in [2.05, 4.69) is 49.2 Å². The highest BCUT2D eigenvalue weighted by Crippen LogP contribution is 2.16. The minimum atomic E-state index is 0.745. The van der Waals surface area contributed by atoms with Crippen molar-refractivity contribution in [2.45, 2.75) is 39.8 Å². The van der Waals surface area contributed by atoms with E-state index >= 15 is 0 Å². The molecule has 0 spiro atoms. The van der Waals surface area contributed by atoms with E-state index in [-0.39, 0.29) is 0 Å². The van der Waals surface area contributed by atoms with Gasteiger partial charge in [-0.25, -0.2) is 0 Å². The third-order valence-corrected chi connectivity index (χ3v) is 3.67. The van der Waals surface area contributed by atoms with Crippen molar-refractivity contribution in [3.05, 3.63) is 34.9 Å². The molecule has 0 radical (unpaired) electrons. The fourth-order valence-corrected chi connectivity index (χ4v) is 2.40. The van der Waals surface area contributed by atoms with Gasteiger partial charge in [0.15, 0.2) is 0 Å². The van der Waals surface area contributed by atoms with Crippen LogP contribution in [0.5, 0.6) is 0 Å². The van der Waals surface area contributed by atoms with Crippen LogP contribution in [0, 0.1) is 13.8 Å². The molecule has 1 saturated heterocycles. The first kappa shape index (κ1) is 12.6. The fraction of sp³-hybridized carbons (Fsp3) is 0.600. The Morgan fingerprint density at radius 2 is 2.06 bits per heavy atom. The van der Waals surface area contributed by atoms with Crippen LogP contribution in [0.3, 0.4) is 0 Å². The Bertz CT molecular complexity index is 369. The van der Waals surface area contributed by atoms with Gasteiger partial charge < -0.3 is 5.32 Å². The normalized spacial score (nSPS) is 16.2. The number of aryl methyl sites for hydroxylation is 2. The van der Waals surface area contributed by atoms with E-state index in [4.69, 9.17) is 0 Å². The highest BCUT2D eigenvalue weighted by molar-refractivity contribution is 5.30. The predicted molar refractivity (Wildman–Crippen MR) is 73.3 cm³/mol. The quantitative estimate of drug-likeness (QED) is 0.839. The van der Waals surface area contributed by atoms with Gasteiger partial charge in [-0.3, -0.25) is 4.90 Å². The Hall–Kier alpha value is -0.860. The molecule has 0 amide bonds. The fourth-order valence-electron chi connectivity index (χ4n) is 2.40. The maximum absolute atomic E-state index is 3.37. The van der Waals surface area contributed by atoms with Crippen LogP contribution >= 0.6 is 0 Å². The molecule has 1 aliphatic rings. The summed E-state index contributed by atoms with van der Waals surface area (Å²) in [7, 11) is 0. The molecule has 1 heterocycles. The van der Waals surface area contributed by atoms with Gasteiger partial charge >= 0.3 is 0 Å². The van der Waals surface area contributed by atoms with E-state index in [0.717, 1.165) is 25.7 Å². The second kappa shape index (κ2) is 5.65. The Labute approximate surface area is 105 Å². The lowest BCUT2D eigenvalue weighted by molar-refractivity contribution is 0.137. The number of rotatable bonds is 5. The maximum atomic E-state index is 3.37. The Kier molecular flexibility index (Phi) is 4.19. The minimum Gasteiger partial charge on any atom is -0.314 e. The zero-order valence-electron chi connectivity index (χ0n) is 11.3. The van der Waals surface area contributed by atoms with Crippen LogP contribution in [0.25, 0.3) is 0 Å². The van der Waals surface area contributed by atoms with Crippen LogP contribution in [0.15, 0.2) is 18.2 Å². The zero-order valence-corrected chi connectivity index (χ0v) is 11.3. The first-order chi connectivity index (χ1) is 8.20. The molecule has 1 N–H and O–H groups in total. The molecular formula is C15H24N2. The van der Waals surface area contributed by atoms with Crippen molar-refractivity contribution < 1.29 is 0 Å². The molecule has 0 saturated carbocycles. The molecule has 1 fully saturated rings. The standard InChI is InChI=1S/C15H24N2/c1-4-7-17(15-9-16-10-15)11-14-8-12(2)5-6-13(14)3/h5-6,8,15-16H,4,7,9-11H2,1-3H3.